The quantitative estimate of drug-likeness (QED) is 0.854. The fourth-order valence-electron chi connectivity index (χ4n) is 4.45. The zero-order chi connectivity index (χ0) is 15.7. The molecule has 2 rings (SSSR count). The molecule has 0 radical (unpaired) electrons. The minimum atomic E-state index is -0.796. The third-order valence-electron chi connectivity index (χ3n) is 4.35. The molecule has 2 heteroatoms. The largest absolute Gasteiger partial charge is 0.493 e. The van der Waals surface area contributed by atoms with Gasteiger partial charge >= 0.3 is 0 Å². The zero-order valence-electron chi connectivity index (χ0n) is 14.2. The van der Waals surface area contributed by atoms with Gasteiger partial charge in [0.15, 0.2) is 0 Å². The van der Waals surface area contributed by atoms with Gasteiger partial charge in [0.1, 0.15) is 5.75 Å². The molecule has 1 aliphatic rings. The van der Waals surface area contributed by atoms with Crippen LogP contribution in [0, 0.1) is 10.8 Å². The van der Waals surface area contributed by atoms with Crippen LogP contribution in [0.2, 0.25) is 0 Å². The second-order valence-corrected chi connectivity index (χ2v) is 8.23. The number of hydrogen-bond donors (Lipinski definition) is 1. The zero-order valence-corrected chi connectivity index (χ0v) is 14.2. The summed E-state index contributed by atoms with van der Waals surface area (Å²) >= 11 is 0. The van der Waals surface area contributed by atoms with E-state index < -0.39 is 5.60 Å². The summed E-state index contributed by atoms with van der Waals surface area (Å²) in [4.78, 5) is 0. The predicted octanol–water partition coefficient (Wildman–Crippen LogP) is 4.90. The molecule has 0 bridgehead atoms. The van der Waals surface area contributed by atoms with E-state index in [0.717, 1.165) is 37.0 Å². The molecule has 0 atom stereocenters. The molecule has 1 N–H and O–H groups in total. The molecule has 0 aromatic heterocycles. The van der Waals surface area contributed by atoms with Crippen LogP contribution in [0.1, 0.15) is 65.9 Å². The first-order valence-electron chi connectivity index (χ1n) is 8.12. The Morgan fingerprint density at radius 3 is 2.14 bits per heavy atom. The number of hydrogen-bond acceptors (Lipinski definition) is 2. The highest BCUT2D eigenvalue weighted by Gasteiger charge is 2.48. The van der Waals surface area contributed by atoms with E-state index in [4.69, 9.17) is 4.74 Å². The number of benzene rings is 1. The van der Waals surface area contributed by atoms with E-state index in [9.17, 15) is 5.11 Å². The molecule has 118 valence electrons. The lowest BCUT2D eigenvalue weighted by atomic mass is 9.58. The van der Waals surface area contributed by atoms with Crippen LogP contribution in [0.15, 0.2) is 24.3 Å². The fraction of sp³-hybridized carbons (Fsp3) is 0.684. The van der Waals surface area contributed by atoms with E-state index in [1.165, 1.54) is 0 Å². The van der Waals surface area contributed by atoms with Gasteiger partial charge in [-0.1, -0.05) is 52.8 Å². The van der Waals surface area contributed by atoms with Gasteiger partial charge in [-0.25, -0.2) is 0 Å². The third-order valence-corrected chi connectivity index (χ3v) is 4.35. The number of ether oxygens (including phenoxy) is 1. The Labute approximate surface area is 129 Å². The van der Waals surface area contributed by atoms with Gasteiger partial charge in [-0.3, -0.25) is 0 Å². The highest BCUT2D eigenvalue weighted by Crippen LogP contribution is 2.55. The highest BCUT2D eigenvalue weighted by molar-refractivity contribution is 5.39. The minimum Gasteiger partial charge on any atom is -0.493 e. The molecular weight excluding hydrogens is 260 g/mol. The van der Waals surface area contributed by atoms with Crippen molar-refractivity contribution in [1.82, 2.24) is 0 Å². The molecule has 0 spiro atoms. The van der Waals surface area contributed by atoms with E-state index in [-0.39, 0.29) is 10.8 Å². The Morgan fingerprint density at radius 1 is 1.00 bits per heavy atom. The summed E-state index contributed by atoms with van der Waals surface area (Å²) < 4.78 is 5.88. The first kappa shape index (κ1) is 16.4. The summed E-state index contributed by atoms with van der Waals surface area (Å²) in [6.07, 6.45) is 3.69. The summed E-state index contributed by atoms with van der Waals surface area (Å²) in [5.74, 6) is 0.843. The van der Waals surface area contributed by atoms with Crippen molar-refractivity contribution in [3.05, 3.63) is 29.8 Å². The van der Waals surface area contributed by atoms with Gasteiger partial charge in [-0.2, -0.15) is 0 Å². The SMILES string of the molecule is CCCOc1ccccc1C1(O)CC(C)(C)CC(C)(C)C1. The van der Waals surface area contributed by atoms with Crippen molar-refractivity contribution in [2.75, 3.05) is 6.61 Å². The molecule has 0 heterocycles. The lowest BCUT2D eigenvalue weighted by Gasteiger charge is -2.50. The summed E-state index contributed by atoms with van der Waals surface area (Å²) in [5.41, 5.74) is 0.428. The van der Waals surface area contributed by atoms with Gasteiger partial charge in [-0.15, -0.1) is 0 Å². The topological polar surface area (TPSA) is 29.5 Å². The van der Waals surface area contributed by atoms with E-state index in [1.54, 1.807) is 0 Å². The molecule has 1 saturated carbocycles. The summed E-state index contributed by atoms with van der Waals surface area (Å²) in [7, 11) is 0. The van der Waals surface area contributed by atoms with Crippen molar-refractivity contribution in [2.24, 2.45) is 10.8 Å². The lowest BCUT2D eigenvalue weighted by Crippen LogP contribution is -2.44. The molecule has 0 saturated heterocycles. The van der Waals surface area contributed by atoms with Gasteiger partial charge in [0.2, 0.25) is 0 Å². The number of aliphatic hydroxyl groups is 1. The molecule has 1 aromatic carbocycles. The van der Waals surface area contributed by atoms with Crippen molar-refractivity contribution < 1.29 is 9.84 Å². The van der Waals surface area contributed by atoms with Crippen molar-refractivity contribution in [1.29, 1.82) is 0 Å². The fourth-order valence-corrected chi connectivity index (χ4v) is 4.45. The third kappa shape index (κ3) is 3.79. The van der Waals surface area contributed by atoms with Gasteiger partial charge in [-0.05, 0) is 42.6 Å². The van der Waals surface area contributed by atoms with Gasteiger partial charge in [0, 0.05) is 5.56 Å². The van der Waals surface area contributed by atoms with E-state index in [0.29, 0.717) is 6.61 Å². The molecule has 0 amide bonds. The standard InChI is InChI=1S/C19H30O2/c1-6-11-21-16-10-8-7-9-15(16)19(20)13-17(2,3)12-18(4,5)14-19/h7-10,20H,6,11-14H2,1-5H3. The van der Waals surface area contributed by atoms with Crippen LogP contribution >= 0.6 is 0 Å². The Bertz CT molecular complexity index is 472. The van der Waals surface area contributed by atoms with E-state index >= 15 is 0 Å². The normalized spacial score (nSPS) is 22.8. The average Bonchev–Trinajstić information content (AvgIpc) is 2.32. The minimum absolute atomic E-state index is 0.133. The Hall–Kier alpha value is -1.02. The Kier molecular flexibility index (Phi) is 4.39. The number of rotatable bonds is 4. The first-order chi connectivity index (χ1) is 9.68. The predicted molar refractivity (Wildman–Crippen MR) is 87.5 cm³/mol. The van der Waals surface area contributed by atoms with Crippen LogP contribution in [-0.4, -0.2) is 11.7 Å². The summed E-state index contributed by atoms with van der Waals surface area (Å²) in [6.45, 7) is 11.8. The van der Waals surface area contributed by atoms with Gasteiger partial charge in [0.25, 0.3) is 0 Å². The molecule has 21 heavy (non-hydrogen) atoms. The molecule has 1 fully saturated rings. The average molecular weight is 290 g/mol. The summed E-state index contributed by atoms with van der Waals surface area (Å²) in [6, 6.07) is 8.00. The molecule has 1 aromatic rings. The lowest BCUT2D eigenvalue weighted by molar-refractivity contribution is -0.0924. The van der Waals surface area contributed by atoms with Crippen molar-refractivity contribution in [3.8, 4) is 5.75 Å². The van der Waals surface area contributed by atoms with E-state index in [2.05, 4.69) is 34.6 Å². The molecular formula is C19H30O2. The van der Waals surface area contributed by atoms with Crippen molar-refractivity contribution in [3.63, 3.8) is 0 Å². The monoisotopic (exact) mass is 290 g/mol. The van der Waals surface area contributed by atoms with Gasteiger partial charge < -0.3 is 9.84 Å². The smallest absolute Gasteiger partial charge is 0.125 e. The first-order valence-corrected chi connectivity index (χ1v) is 8.12. The van der Waals surface area contributed by atoms with Crippen LogP contribution in [0.4, 0.5) is 0 Å². The van der Waals surface area contributed by atoms with Crippen molar-refractivity contribution >= 4 is 0 Å². The van der Waals surface area contributed by atoms with Crippen LogP contribution in [-0.2, 0) is 5.60 Å². The van der Waals surface area contributed by atoms with Crippen LogP contribution in [0.25, 0.3) is 0 Å². The number of para-hydroxylation sites is 1. The maximum Gasteiger partial charge on any atom is 0.125 e. The Balaban J connectivity index is 2.39. The Morgan fingerprint density at radius 2 is 1.57 bits per heavy atom. The molecule has 0 unspecified atom stereocenters. The highest BCUT2D eigenvalue weighted by atomic mass is 16.5. The second-order valence-electron chi connectivity index (χ2n) is 8.23. The molecule has 1 aliphatic carbocycles. The van der Waals surface area contributed by atoms with E-state index in [1.807, 2.05) is 24.3 Å². The van der Waals surface area contributed by atoms with Gasteiger partial charge in [0.05, 0.1) is 12.2 Å². The molecule has 0 aliphatic heterocycles. The van der Waals surface area contributed by atoms with Crippen LogP contribution in [0.5, 0.6) is 5.75 Å². The van der Waals surface area contributed by atoms with Crippen LogP contribution < -0.4 is 4.74 Å². The summed E-state index contributed by atoms with van der Waals surface area (Å²) in [5, 5.41) is 11.4. The maximum atomic E-state index is 11.4. The van der Waals surface area contributed by atoms with Crippen molar-refractivity contribution in [2.45, 2.75) is 65.9 Å². The maximum absolute atomic E-state index is 11.4. The second kappa shape index (κ2) is 5.64. The molecule has 2 nitrogen and oxygen atoms in total. The van der Waals surface area contributed by atoms with Crippen LogP contribution in [0.3, 0.4) is 0 Å².